The number of carboxylic acid groups (broad SMARTS) is 1. The standard InChI is InChI=1S/C13H13ClN2O2/c1-13(12(17)18,10-5-3-2-4-6-10)9-16-8-11(14)7-15-16/h2-8H,9H2,1H3,(H,17,18). The lowest BCUT2D eigenvalue weighted by atomic mass is 9.82. The van der Waals surface area contributed by atoms with E-state index in [1.165, 1.54) is 6.20 Å². The van der Waals surface area contributed by atoms with Crippen molar-refractivity contribution in [3.63, 3.8) is 0 Å². The molecule has 0 bridgehead atoms. The van der Waals surface area contributed by atoms with Crippen LogP contribution in [0.5, 0.6) is 0 Å². The SMILES string of the molecule is CC(Cn1cc(Cl)cn1)(C(=O)O)c1ccccc1. The molecule has 0 aliphatic carbocycles. The number of benzene rings is 1. The maximum Gasteiger partial charge on any atom is 0.315 e. The van der Waals surface area contributed by atoms with E-state index in [1.54, 1.807) is 29.9 Å². The van der Waals surface area contributed by atoms with Gasteiger partial charge in [0.05, 0.1) is 17.8 Å². The first-order valence-corrected chi connectivity index (χ1v) is 5.87. The minimum atomic E-state index is -1.03. The molecular formula is C13H13ClN2O2. The Bertz CT molecular complexity index is 553. The third-order valence-corrected chi connectivity index (χ3v) is 3.16. The molecule has 0 aliphatic heterocycles. The smallest absolute Gasteiger partial charge is 0.315 e. The van der Waals surface area contributed by atoms with Crippen LogP contribution >= 0.6 is 11.6 Å². The Labute approximate surface area is 110 Å². The first kappa shape index (κ1) is 12.6. The summed E-state index contributed by atoms with van der Waals surface area (Å²) in [6.07, 6.45) is 3.11. The van der Waals surface area contributed by atoms with Gasteiger partial charge in [0.25, 0.3) is 0 Å². The second-order valence-corrected chi connectivity index (χ2v) is 4.80. The van der Waals surface area contributed by atoms with Crippen LogP contribution in [0.1, 0.15) is 12.5 Å². The normalized spacial score (nSPS) is 14.1. The zero-order chi connectivity index (χ0) is 13.2. The minimum Gasteiger partial charge on any atom is -0.481 e. The quantitative estimate of drug-likeness (QED) is 0.923. The predicted molar refractivity (Wildman–Crippen MR) is 68.7 cm³/mol. The molecule has 1 N–H and O–H groups in total. The molecule has 2 rings (SSSR count). The number of hydrogen-bond acceptors (Lipinski definition) is 2. The van der Waals surface area contributed by atoms with Crippen molar-refractivity contribution in [2.75, 3.05) is 0 Å². The van der Waals surface area contributed by atoms with Crippen molar-refractivity contribution in [2.24, 2.45) is 0 Å². The molecule has 0 radical (unpaired) electrons. The van der Waals surface area contributed by atoms with Gasteiger partial charge in [-0.3, -0.25) is 9.48 Å². The summed E-state index contributed by atoms with van der Waals surface area (Å²) in [5.74, 6) is -0.889. The Hall–Kier alpha value is -1.81. The van der Waals surface area contributed by atoms with Gasteiger partial charge in [0.15, 0.2) is 0 Å². The van der Waals surface area contributed by atoms with Gasteiger partial charge in [-0.25, -0.2) is 0 Å². The van der Waals surface area contributed by atoms with Crippen molar-refractivity contribution in [3.05, 3.63) is 53.3 Å². The molecule has 1 atom stereocenters. The number of rotatable bonds is 4. The van der Waals surface area contributed by atoms with Gasteiger partial charge in [0, 0.05) is 6.20 Å². The largest absolute Gasteiger partial charge is 0.481 e. The number of carboxylic acids is 1. The maximum absolute atomic E-state index is 11.6. The van der Waals surface area contributed by atoms with Gasteiger partial charge in [0.1, 0.15) is 5.41 Å². The van der Waals surface area contributed by atoms with Crippen LogP contribution < -0.4 is 0 Å². The molecule has 0 fully saturated rings. The number of aromatic nitrogens is 2. The molecule has 0 saturated carbocycles. The van der Waals surface area contributed by atoms with E-state index in [4.69, 9.17) is 11.6 Å². The lowest BCUT2D eigenvalue weighted by Gasteiger charge is -2.25. The Balaban J connectivity index is 2.36. The molecule has 0 spiro atoms. The highest BCUT2D eigenvalue weighted by Gasteiger charge is 2.35. The van der Waals surface area contributed by atoms with Gasteiger partial charge >= 0.3 is 5.97 Å². The fourth-order valence-corrected chi connectivity index (χ4v) is 1.99. The van der Waals surface area contributed by atoms with Crippen molar-refractivity contribution in [1.82, 2.24) is 9.78 Å². The molecule has 0 amide bonds. The van der Waals surface area contributed by atoms with Crippen molar-refractivity contribution < 1.29 is 9.90 Å². The highest BCUT2D eigenvalue weighted by molar-refractivity contribution is 6.30. The molecule has 1 heterocycles. The van der Waals surface area contributed by atoms with E-state index in [0.29, 0.717) is 5.02 Å². The maximum atomic E-state index is 11.6. The lowest BCUT2D eigenvalue weighted by Crippen LogP contribution is -2.37. The number of hydrogen-bond donors (Lipinski definition) is 1. The molecule has 0 aliphatic rings. The van der Waals surface area contributed by atoms with E-state index < -0.39 is 11.4 Å². The summed E-state index contributed by atoms with van der Waals surface area (Å²) in [4.78, 5) is 11.6. The van der Waals surface area contributed by atoms with Gasteiger partial charge in [-0.1, -0.05) is 41.9 Å². The third kappa shape index (κ3) is 2.38. The summed E-state index contributed by atoms with van der Waals surface area (Å²) in [7, 11) is 0. The van der Waals surface area contributed by atoms with E-state index in [1.807, 2.05) is 18.2 Å². The average molecular weight is 265 g/mol. The molecule has 0 saturated heterocycles. The molecule has 94 valence electrons. The number of aliphatic carboxylic acids is 1. The second-order valence-electron chi connectivity index (χ2n) is 4.36. The fraction of sp³-hybridized carbons (Fsp3) is 0.231. The van der Waals surface area contributed by atoms with Gasteiger partial charge in [-0.2, -0.15) is 5.10 Å². The van der Waals surface area contributed by atoms with E-state index >= 15 is 0 Å². The van der Waals surface area contributed by atoms with Crippen LogP contribution in [-0.4, -0.2) is 20.9 Å². The molecule has 1 aromatic heterocycles. The number of halogens is 1. The molecular weight excluding hydrogens is 252 g/mol. The van der Waals surface area contributed by atoms with E-state index in [0.717, 1.165) is 5.56 Å². The fourth-order valence-electron chi connectivity index (χ4n) is 1.84. The van der Waals surface area contributed by atoms with Crippen LogP contribution in [0.3, 0.4) is 0 Å². The summed E-state index contributed by atoms with van der Waals surface area (Å²) in [6.45, 7) is 1.92. The van der Waals surface area contributed by atoms with Gasteiger partial charge < -0.3 is 5.11 Å². The summed E-state index contributed by atoms with van der Waals surface area (Å²) in [5, 5.41) is 14.0. The highest BCUT2D eigenvalue weighted by Crippen LogP contribution is 2.26. The first-order chi connectivity index (χ1) is 8.52. The molecule has 5 heteroatoms. The Morgan fingerprint density at radius 1 is 1.44 bits per heavy atom. The zero-order valence-corrected chi connectivity index (χ0v) is 10.6. The lowest BCUT2D eigenvalue weighted by molar-refractivity contribution is -0.143. The Morgan fingerprint density at radius 2 is 2.11 bits per heavy atom. The second kappa shape index (κ2) is 4.82. The van der Waals surface area contributed by atoms with Crippen LogP contribution in [0.4, 0.5) is 0 Å². The summed E-state index contributed by atoms with van der Waals surface area (Å²) < 4.78 is 1.55. The van der Waals surface area contributed by atoms with E-state index in [2.05, 4.69) is 5.10 Å². The number of carbonyl (C=O) groups is 1. The van der Waals surface area contributed by atoms with Crippen molar-refractivity contribution >= 4 is 17.6 Å². The van der Waals surface area contributed by atoms with Crippen LogP contribution in [0, 0.1) is 0 Å². The third-order valence-electron chi connectivity index (χ3n) is 2.96. The molecule has 2 aromatic rings. The summed E-state index contributed by atoms with van der Waals surface area (Å²) in [5.41, 5.74) is -0.291. The van der Waals surface area contributed by atoms with E-state index in [-0.39, 0.29) is 6.54 Å². The van der Waals surface area contributed by atoms with Crippen LogP contribution in [0.15, 0.2) is 42.7 Å². The van der Waals surface area contributed by atoms with Crippen molar-refractivity contribution in [2.45, 2.75) is 18.9 Å². The topological polar surface area (TPSA) is 55.1 Å². The van der Waals surface area contributed by atoms with Gasteiger partial charge in [-0.15, -0.1) is 0 Å². The van der Waals surface area contributed by atoms with Gasteiger partial charge in [0.2, 0.25) is 0 Å². The summed E-state index contributed by atoms with van der Waals surface area (Å²) in [6, 6.07) is 9.12. The molecule has 4 nitrogen and oxygen atoms in total. The molecule has 1 aromatic carbocycles. The van der Waals surface area contributed by atoms with Crippen LogP contribution in [0.2, 0.25) is 5.02 Å². The zero-order valence-electron chi connectivity index (χ0n) is 9.88. The van der Waals surface area contributed by atoms with Crippen LogP contribution in [-0.2, 0) is 16.8 Å². The highest BCUT2D eigenvalue weighted by atomic mass is 35.5. The molecule has 1 unspecified atom stereocenters. The van der Waals surface area contributed by atoms with Gasteiger partial charge in [-0.05, 0) is 12.5 Å². The van der Waals surface area contributed by atoms with Crippen molar-refractivity contribution in [1.29, 1.82) is 0 Å². The van der Waals surface area contributed by atoms with Crippen LogP contribution in [0.25, 0.3) is 0 Å². The monoisotopic (exact) mass is 264 g/mol. The molecule has 18 heavy (non-hydrogen) atoms. The first-order valence-electron chi connectivity index (χ1n) is 5.49. The van der Waals surface area contributed by atoms with E-state index in [9.17, 15) is 9.90 Å². The summed E-state index contributed by atoms with van der Waals surface area (Å²) >= 11 is 5.78. The number of nitrogens with zero attached hydrogens (tertiary/aromatic N) is 2. The minimum absolute atomic E-state index is 0.235. The Kier molecular flexibility index (Phi) is 3.39. The predicted octanol–water partition coefficient (Wildman–Crippen LogP) is 2.58. The Morgan fingerprint density at radius 3 is 2.61 bits per heavy atom. The average Bonchev–Trinajstić information content (AvgIpc) is 2.75. The van der Waals surface area contributed by atoms with Crippen molar-refractivity contribution in [3.8, 4) is 0 Å².